The highest BCUT2D eigenvalue weighted by atomic mass is 35.5. The summed E-state index contributed by atoms with van der Waals surface area (Å²) in [5.74, 6) is 0.136. The maximum atomic E-state index is 12.1. The highest BCUT2D eigenvalue weighted by Gasteiger charge is 2.25. The number of ether oxygens (including phenoxy) is 1. The second-order valence-corrected chi connectivity index (χ2v) is 6.53. The average Bonchev–Trinajstić information content (AvgIpc) is 2.65. The molecule has 0 saturated heterocycles. The number of carbonyl (C=O) groups excluding carboxylic acids is 2. The van der Waals surface area contributed by atoms with Crippen LogP contribution in [0.15, 0.2) is 48.5 Å². The minimum Gasteiger partial charge on any atom is -0.482 e. The van der Waals surface area contributed by atoms with Crippen LogP contribution in [0.1, 0.15) is 6.42 Å². The number of hydrazine groups is 1. The van der Waals surface area contributed by atoms with Gasteiger partial charge in [-0.25, -0.2) is 0 Å². The fraction of sp³-hybridized carbons (Fsp3) is 0.167. The lowest BCUT2D eigenvalue weighted by atomic mass is 10.2. The first kappa shape index (κ1) is 18.9. The Morgan fingerprint density at radius 2 is 2.00 bits per heavy atom. The zero-order chi connectivity index (χ0) is 19.2. The lowest BCUT2D eigenvalue weighted by molar-refractivity contribution is -0.122. The molecule has 0 unspecified atom stereocenters. The molecule has 0 radical (unpaired) electrons. The van der Waals surface area contributed by atoms with Crippen LogP contribution in [0.5, 0.6) is 5.75 Å². The molecule has 3 N–H and O–H groups in total. The van der Waals surface area contributed by atoms with Gasteiger partial charge in [-0.05, 0) is 42.5 Å². The van der Waals surface area contributed by atoms with Crippen LogP contribution in [-0.4, -0.2) is 30.1 Å². The smallest absolute Gasteiger partial charge is 0.265 e. The van der Waals surface area contributed by atoms with Crippen molar-refractivity contribution >= 4 is 52.1 Å². The molecular weight excluding hydrogens is 388 g/mol. The molecule has 2 amide bonds. The van der Waals surface area contributed by atoms with Crippen molar-refractivity contribution in [3.05, 3.63) is 53.6 Å². The van der Waals surface area contributed by atoms with Crippen LogP contribution in [0.4, 0.5) is 11.4 Å². The number of para-hydroxylation sites is 2. The van der Waals surface area contributed by atoms with Crippen LogP contribution in [0.2, 0.25) is 5.02 Å². The summed E-state index contributed by atoms with van der Waals surface area (Å²) in [6, 6.07) is 14.2. The summed E-state index contributed by atoms with van der Waals surface area (Å²) in [4.78, 5) is 25.7. The standard InChI is InChI=1S/C18H17ClN4O3S/c19-12-4-3-5-13(10-12)20-18(27)22-21-16(24)8-9-23-14-6-1-2-7-15(14)26-11-17(23)25/h1-7,10H,8-9,11H2,(H,21,24)(H2,20,22,27). The highest BCUT2D eigenvalue weighted by molar-refractivity contribution is 7.80. The van der Waals surface area contributed by atoms with Gasteiger partial charge in [0.15, 0.2) is 11.7 Å². The number of nitrogens with zero attached hydrogens (tertiary/aromatic N) is 1. The summed E-state index contributed by atoms with van der Waals surface area (Å²) in [5.41, 5.74) is 6.48. The Morgan fingerprint density at radius 3 is 2.81 bits per heavy atom. The van der Waals surface area contributed by atoms with Crippen LogP contribution in [0.25, 0.3) is 0 Å². The second kappa shape index (κ2) is 8.70. The third kappa shape index (κ3) is 5.08. The third-order valence-corrected chi connectivity index (χ3v) is 4.21. The number of thiocarbonyl (C=S) groups is 1. The molecule has 0 fully saturated rings. The Labute approximate surface area is 166 Å². The maximum Gasteiger partial charge on any atom is 0.265 e. The fourth-order valence-corrected chi connectivity index (χ4v) is 2.89. The summed E-state index contributed by atoms with van der Waals surface area (Å²) < 4.78 is 5.38. The minimum atomic E-state index is -0.304. The molecule has 27 heavy (non-hydrogen) atoms. The first-order chi connectivity index (χ1) is 13.0. The van der Waals surface area contributed by atoms with E-state index in [1.807, 2.05) is 12.1 Å². The molecule has 2 aromatic rings. The van der Waals surface area contributed by atoms with E-state index in [-0.39, 0.29) is 36.5 Å². The van der Waals surface area contributed by atoms with Crippen molar-refractivity contribution < 1.29 is 14.3 Å². The number of benzene rings is 2. The van der Waals surface area contributed by atoms with Gasteiger partial charge >= 0.3 is 0 Å². The normalized spacial score (nSPS) is 12.6. The van der Waals surface area contributed by atoms with E-state index in [0.717, 1.165) is 0 Å². The van der Waals surface area contributed by atoms with Gasteiger partial charge in [-0.2, -0.15) is 0 Å². The molecule has 140 valence electrons. The van der Waals surface area contributed by atoms with Crippen molar-refractivity contribution in [1.82, 2.24) is 10.9 Å². The maximum absolute atomic E-state index is 12.1. The zero-order valence-corrected chi connectivity index (χ0v) is 15.8. The monoisotopic (exact) mass is 404 g/mol. The topological polar surface area (TPSA) is 82.7 Å². The first-order valence-electron chi connectivity index (χ1n) is 8.16. The number of hydrogen-bond donors (Lipinski definition) is 3. The van der Waals surface area contributed by atoms with E-state index in [4.69, 9.17) is 28.6 Å². The summed E-state index contributed by atoms with van der Waals surface area (Å²) >= 11 is 11.0. The summed E-state index contributed by atoms with van der Waals surface area (Å²) in [6.07, 6.45) is 0.104. The Kier molecular flexibility index (Phi) is 6.10. The summed E-state index contributed by atoms with van der Waals surface area (Å²) in [5, 5.41) is 3.70. The van der Waals surface area contributed by atoms with Gasteiger partial charge in [0.1, 0.15) is 5.75 Å². The van der Waals surface area contributed by atoms with Gasteiger partial charge in [-0.3, -0.25) is 20.4 Å². The number of nitrogens with one attached hydrogen (secondary N) is 3. The second-order valence-electron chi connectivity index (χ2n) is 5.69. The molecule has 1 aliphatic heterocycles. The van der Waals surface area contributed by atoms with Crippen LogP contribution < -0.4 is 25.8 Å². The molecule has 0 saturated carbocycles. The number of anilines is 2. The van der Waals surface area contributed by atoms with Crippen molar-refractivity contribution in [1.29, 1.82) is 0 Å². The van der Waals surface area contributed by atoms with E-state index in [2.05, 4.69) is 16.2 Å². The van der Waals surface area contributed by atoms with Crippen LogP contribution in [0.3, 0.4) is 0 Å². The molecule has 0 aromatic heterocycles. The Bertz CT molecular complexity index is 877. The van der Waals surface area contributed by atoms with E-state index in [1.165, 1.54) is 0 Å². The van der Waals surface area contributed by atoms with Gasteiger partial charge in [0.25, 0.3) is 5.91 Å². The highest BCUT2D eigenvalue weighted by Crippen LogP contribution is 2.31. The van der Waals surface area contributed by atoms with Gasteiger partial charge in [0.2, 0.25) is 5.91 Å². The number of amides is 2. The average molecular weight is 405 g/mol. The molecule has 1 aliphatic rings. The summed E-state index contributed by atoms with van der Waals surface area (Å²) in [6.45, 7) is 0.200. The van der Waals surface area contributed by atoms with E-state index < -0.39 is 0 Å². The van der Waals surface area contributed by atoms with Crippen molar-refractivity contribution in [3.63, 3.8) is 0 Å². The Hall–Kier alpha value is -2.84. The molecule has 3 rings (SSSR count). The van der Waals surface area contributed by atoms with E-state index >= 15 is 0 Å². The molecular formula is C18H17ClN4O3S. The van der Waals surface area contributed by atoms with Gasteiger partial charge < -0.3 is 15.0 Å². The van der Waals surface area contributed by atoms with Crippen molar-refractivity contribution in [2.45, 2.75) is 6.42 Å². The van der Waals surface area contributed by atoms with Gasteiger partial charge in [-0.1, -0.05) is 29.8 Å². The largest absolute Gasteiger partial charge is 0.482 e. The number of fused-ring (bicyclic) bond motifs is 1. The van der Waals surface area contributed by atoms with E-state index in [1.54, 1.807) is 41.3 Å². The molecule has 2 aromatic carbocycles. The fourth-order valence-electron chi connectivity index (χ4n) is 2.53. The minimum absolute atomic E-state index is 0.0372. The van der Waals surface area contributed by atoms with Crippen LogP contribution in [0, 0.1) is 0 Å². The number of carbonyl (C=O) groups is 2. The zero-order valence-electron chi connectivity index (χ0n) is 14.2. The lowest BCUT2D eigenvalue weighted by Crippen LogP contribution is -2.46. The lowest BCUT2D eigenvalue weighted by Gasteiger charge is -2.29. The quantitative estimate of drug-likeness (QED) is 0.536. The van der Waals surface area contributed by atoms with Crippen molar-refractivity contribution in [2.24, 2.45) is 0 Å². The predicted octanol–water partition coefficient (Wildman–Crippen LogP) is 2.47. The van der Waals surface area contributed by atoms with Gasteiger partial charge in [0, 0.05) is 23.7 Å². The molecule has 0 bridgehead atoms. The predicted molar refractivity (Wildman–Crippen MR) is 108 cm³/mol. The SMILES string of the molecule is O=C(CCN1C(=O)COc2ccccc21)NNC(=S)Nc1cccc(Cl)c1. The van der Waals surface area contributed by atoms with Gasteiger partial charge in [0.05, 0.1) is 5.69 Å². The Balaban J connectivity index is 1.47. The van der Waals surface area contributed by atoms with E-state index in [9.17, 15) is 9.59 Å². The molecule has 9 heteroatoms. The molecule has 0 spiro atoms. The van der Waals surface area contributed by atoms with E-state index in [0.29, 0.717) is 22.1 Å². The Morgan fingerprint density at radius 1 is 1.19 bits per heavy atom. The molecule has 0 atom stereocenters. The number of rotatable bonds is 4. The van der Waals surface area contributed by atoms with Crippen molar-refractivity contribution in [2.75, 3.05) is 23.4 Å². The third-order valence-electron chi connectivity index (χ3n) is 3.77. The number of halogens is 1. The molecule has 1 heterocycles. The molecule has 0 aliphatic carbocycles. The van der Waals surface area contributed by atoms with Crippen LogP contribution >= 0.6 is 23.8 Å². The number of hydrogen-bond acceptors (Lipinski definition) is 4. The summed E-state index contributed by atoms with van der Waals surface area (Å²) in [7, 11) is 0. The van der Waals surface area contributed by atoms with Crippen LogP contribution in [-0.2, 0) is 9.59 Å². The molecule has 7 nitrogen and oxygen atoms in total. The van der Waals surface area contributed by atoms with Gasteiger partial charge in [-0.15, -0.1) is 0 Å². The van der Waals surface area contributed by atoms with Crippen molar-refractivity contribution in [3.8, 4) is 5.75 Å². The first-order valence-corrected chi connectivity index (χ1v) is 8.95.